The number of hydrogen-bond acceptors (Lipinski definition) is 4. The van der Waals surface area contributed by atoms with Crippen LogP contribution in [0.4, 0.5) is 0 Å². The summed E-state index contributed by atoms with van der Waals surface area (Å²) < 4.78 is 10.5. The zero-order chi connectivity index (χ0) is 13.0. The highest BCUT2D eigenvalue weighted by atomic mass is 16.5. The van der Waals surface area contributed by atoms with Crippen LogP contribution in [-0.4, -0.2) is 19.3 Å². The van der Waals surface area contributed by atoms with Crippen LogP contribution in [0.3, 0.4) is 0 Å². The van der Waals surface area contributed by atoms with Gasteiger partial charge in [0.1, 0.15) is 17.2 Å². The van der Waals surface area contributed by atoms with Crippen LogP contribution in [0.2, 0.25) is 0 Å². The van der Waals surface area contributed by atoms with Gasteiger partial charge in [-0.25, -0.2) is 0 Å². The maximum atomic E-state index is 9.54. The Bertz CT molecular complexity index is 352. The average molecular weight is 239 g/mol. The Morgan fingerprint density at radius 2 is 1.65 bits per heavy atom. The summed E-state index contributed by atoms with van der Waals surface area (Å²) in [5.74, 6) is 1.72. The second kappa shape index (κ2) is 5.77. The summed E-state index contributed by atoms with van der Waals surface area (Å²) in [4.78, 5) is 0. The van der Waals surface area contributed by atoms with Gasteiger partial charge in [-0.05, 0) is 12.3 Å². The summed E-state index contributed by atoms with van der Waals surface area (Å²) in [6.07, 6.45) is 0.831. The van der Waals surface area contributed by atoms with Gasteiger partial charge in [-0.3, -0.25) is 0 Å². The lowest BCUT2D eigenvalue weighted by Gasteiger charge is -2.20. The van der Waals surface area contributed by atoms with E-state index in [0.29, 0.717) is 17.4 Å². The second-order valence-corrected chi connectivity index (χ2v) is 4.50. The molecule has 0 radical (unpaired) electrons. The highest BCUT2D eigenvalue weighted by Crippen LogP contribution is 2.38. The van der Waals surface area contributed by atoms with E-state index in [2.05, 4.69) is 13.8 Å². The van der Waals surface area contributed by atoms with Crippen molar-refractivity contribution in [2.24, 2.45) is 11.7 Å². The van der Waals surface area contributed by atoms with Gasteiger partial charge in [-0.1, -0.05) is 13.8 Å². The van der Waals surface area contributed by atoms with Gasteiger partial charge in [0.05, 0.1) is 19.8 Å². The minimum absolute atomic E-state index is 0.110. The molecule has 0 aromatic heterocycles. The zero-order valence-corrected chi connectivity index (χ0v) is 10.9. The third kappa shape index (κ3) is 3.27. The lowest BCUT2D eigenvalue weighted by Crippen LogP contribution is -2.15. The molecule has 0 spiro atoms. The van der Waals surface area contributed by atoms with E-state index >= 15 is 0 Å². The number of aromatic hydroxyl groups is 1. The number of nitrogens with two attached hydrogens (primary N) is 1. The van der Waals surface area contributed by atoms with E-state index < -0.39 is 0 Å². The summed E-state index contributed by atoms with van der Waals surface area (Å²) in [7, 11) is 3.11. The first-order valence-electron chi connectivity index (χ1n) is 5.70. The van der Waals surface area contributed by atoms with Crippen LogP contribution >= 0.6 is 0 Å². The summed E-state index contributed by atoms with van der Waals surface area (Å²) in [5, 5.41) is 9.54. The summed E-state index contributed by atoms with van der Waals surface area (Å²) in [6, 6.07) is 2.94. The fourth-order valence-electron chi connectivity index (χ4n) is 1.92. The molecule has 0 saturated carbocycles. The van der Waals surface area contributed by atoms with Gasteiger partial charge < -0.3 is 20.3 Å². The number of phenols is 1. The molecule has 4 nitrogen and oxygen atoms in total. The molecule has 0 amide bonds. The Morgan fingerprint density at radius 1 is 1.18 bits per heavy atom. The standard InChI is InChI=1S/C13H21NO3/c1-8(2)5-10(14)13-11(16-3)6-9(15)7-12(13)17-4/h6-8,10,15H,5,14H2,1-4H3/t10-/m0/s1. The maximum Gasteiger partial charge on any atom is 0.131 e. The summed E-state index contributed by atoms with van der Waals surface area (Å²) in [5.41, 5.74) is 6.96. The van der Waals surface area contributed by atoms with Crippen molar-refractivity contribution in [3.63, 3.8) is 0 Å². The Morgan fingerprint density at radius 3 is 2.00 bits per heavy atom. The first kappa shape index (κ1) is 13.6. The number of benzene rings is 1. The number of hydrogen-bond donors (Lipinski definition) is 2. The lowest BCUT2D eigenvalue weighted by molar-refractivity contribution is 0.364. The normalized spacial score (nSPS) is 12.6. The van der Waals surface area contributed by atoms with E-state index in [0.717, 1.165) is 12.0 Å². The number of phenolic OH excluding ortho intramolecular Hbond substituents is 1. The van der Waals surface area contributed by atoms with Crippen molar-refractivity contribution in [3.05, 3.63) is 17.7 Å². The zero-order valence-electron chi connectivity index (χ0n) is 10.9. The van der Waals surface area contributed by atoms with Crippen molar-refractivity contribution in [3.8, 4) is 17.2 Å². The molecule has 0 aliphatic heterocycles. The van der Waals surface area contributed by atoms with Crippen LogP contribution in [0.15, 0.2) is 12.1 Å². The molecule has 96 valence electrons. The Balaban J connectivity index is 3.18. The first-order valence-corrected chi connectivity index (χ1v) is 5.70. The minimum Gasteiger partial charge on any atom is -0.508 e. The number of ether oxygens (including phenoxy) is 2. The predicted octanol–water partition coefficient (Wildman–Crippen LogP) is 2.46. The van der Waals surface area contributed by atoms with Gasteiger partial charge in [0.2, 0.25) is 0 Å². The molecule has 0 aliphatic carbocycles. The number of methoxy groups -OCH3 is 2. The smallest absolute Gasteiger partial charge is 0.131 e. The monoisotopic (exact) mass is 239 g/mol. The van der Waals surface area contributed by atoms with Gasteiger partial charge >= 0.3 is 0 Å². The van der Waals surface area contributed by atoms with Crippen LogP contribution in [-0.2, 0) is 0 Å². The van der Waals surface area contributed by atoms with Crippen LogP contribution in [0.25, 0.3) is 0 Å². The number of rotatable bonds is 5. The Kier molecular flexibility index (Phi) is 4.63. The molecule has 0 bridgehead atoms. The highest BCUT2D eigenvalue weighted by Gasteiger charge is 2.19. The van der Waals surface area contributed by atoms with Crippen LogP contribution < -0.4 is 15.2 Å². The van der Waals surface area contributed by atoms with E-state index in [-0.39, 0.29) is 11.8 Å². The molecule has 0 fully saturated rings. The maximum absolute atomic E-state index is 9.54. The van der Waals surface area contributed by atoms with Crippen molar-refractivity contribution in [2.45, 2.75) is 26.3 Å². The molecule has 17 heavy (non-hydrogen) atoms. The topological polar surface area (TPSA) is 64.7 Å². The largest absolute Gasteiger partial charge is 0.508 e. The molecule has 3 N–H and O–H groups in total. The van der Waals surface area contributed by atoms with Gasteiger partial charge in [-0.15, -0.1) is 0 Å². The molecule has 1 aromatic rings. The van der Waals surface area contributed by atoms with Gasteiger partial charge in [0.15, 0.2) is 0 Å². The van der Waals surface area contributed by atoms with E-state index in [4.69, 9.17) is 15.2 Å². The molecule has 0 aliphatic rings. The minimum atomic E-state index is -0.166. The quantitative estimate of drug-likeness (QED) is 0.828. The van der Waals surface area contributed by atoms with Crippen molar-refractivity contribution in [1.29, 1.82) is 0 Å². The molecule has 1 aromatic carbocycles. The van der Waals surface area contributed by atoms with Crippen LogP contribution in [0.1, 0.15) is 31.9 Å². The molecule has 4 heteroatoms. The molecule has 1 rings (SSSR count). The van der Waals surface area contributed by atoms with E-state index in [1.54, 1.807) is 26.4 Å². The average Bonchev–Trinajstić information content (AvgIpc) is 2.26. The second-order valence-electron chi connectivity index (χ2n) is 4.50. The van der Waals surface area contributed by atoms with Gasteiger partial charge in [0, 0.05) is 18.2 Å². The van der Waals surface area contributed by atoms with E-state index in [1.165, 1.54) is 0 Å². The molecule has 0 saturated heterocycles. The fraction of sp³-hybridized carbons (Fsp3) is 0.538. The summed E-state index contributed by atoms with van der Waals surface area (Å²) >= 11 is 0. The van der Waals surface area contributed by atoms with E-state index in [9.17, 15) is 5.11 Å². The highest BCUT2D eigenvalue weighted by molar-refractivity contribution is 5.51. The predicted molar refractivity (Wildman–Crippen MR) is 67.6 cm³/mol. The van der Waals surface area contributed by atoms with Crippen molar-refractivity contribution in [1.82, 2.24) is 0 Å². The Hall–Kier alpha value is -1.42. The van der Waals surface area contributed by atoms with Gasteiger partial charge in [-0.2, -0.15) is 0 Å². The summed E-state index contributed by atoms with van der Waals surface area (Å²) in [6.45, 7) is 4.22. The van der Waals surface area contributed by atoms with E-state index in [1.807, 2.05) is 0 Å². The van der Waals surface area contributed by atoms with Crippen LogP contribution in [0, 0.1) is 5.92 Å². The molecule has 0 unspecified atom stereocenters. The van der Waals surface area contributed by atoms with Gasteiger partial charge in [0.25, 0.3) is 0 Å². The van der Waals surface area contributed by atoms with Crippen LogP contribution in [0.5, 0.6) is 17.2 Å². The third-order valence-corrected chi connectivity index (χ3v) is 2.62. The molecule has 0 heterocycles. The van der Waals surface area contributed by atoms with Crippen molar-refractivity contribution >= 4 is 0 Å². The lowest BCUT2D eigenvalue weighted by atomic mass is 9.96. The third-order valence-electron chi connectivity index (χ3n) is 2.62. The Labute approximate surface area is 102 Å². The molecule has 1 atom stereocenters. The molecular formula is C13H21NO3. The van der Waals surface area contributed by atoms with Crippen molar-refractivity contribution < 1.29 is 14.6 Å². The molecular weight excluding hydrogens is 218 g/mol. The van der Waals surface area contributed by atoms with Crippen molar-refractivity contribution in [2.75, 3.05) is 14.2 Å². The SMILES string of the molecule is COc1cc(O)cc(OC)c1[C@@H](N)CC(C)C. The first-order chi connectivity index (χ1) is 7.99. The fourth-order valence-corrected chi connectivity index (χ4v) is 1.92.